The van der Waals surface area contributed by atoms with Crippen LogP contribution < -0.4 is 5.32 Å². The quantitative estimate of drug-likeness (QED) is 0.413. The van der Waals surface area contributed by atoms with Crippen molar-refractivity contribution in [2.75, 3.05) is 47.7 Å². The van der Waals surface area contributed by atoms with Crippen molar-refractivity contribution in [1.82, 2.24) is 5.32 Å². The van der Waals surface area contributed by atoms with Gasteiger partial charge in [-0.05, 0) is 26.3 Å². The number of rotatable bonds is 12. The monoisotopic (exact) mass is 249 g/mol. The summed E-state index contributed by atoms with van der Waals surface area (Å²) in [6.07, 6.45) is 1.94. The first-order valence-corrected chi connectivity index (χ1v) is 6.12. The largest absolute Gasteiger partial charge is 0.382 e. The minimum atomic E-state index is -0.187. The van der Waals surface area contributed by atoms with Gasteiger partial charge in [0.25, 0.3) is 0 Å². The van der Waals surface area contributed by atoms with Gasteiger partial charge in [-0.25, -0.2) is 0 Å². The van der Waals surface area contributed by atoms with Crippen LogP contribution in [0.15, 0.2) is 0 Å². The summed E-state index contributed by atoms with van der Waals surface area (Å²) in [6, 6.07) is 0.194. The molecule has 5 nitrogen and oxygen atoms in total. The van der Waals surface area contributed by atoms with Crippen molar-refractivity contribution in [3.63, 3.8) is 0 Å². The van der Waals surface area contributed by atoms with Crippen molar-refractivity contribution < 1.29 is 18.9 Å². The Morgan fingerprint density at radius 2 is 1.65 bits per heavy atom. The third-order valence-corrected chi connectivity index (χ3v) is 2.49. The lowest BCUT2D eigenvalue weighted by atomic mass is 10.2. The molecule has 0 radical (unpaired) electrons. The molecule has 0 aliphatic heterocycles. The van der Waals surface area contributed by atoms with E-state index in [1.165, 1.54) is 0 Å². The summed E-state index contributed by atoms with van der Waals surface area (Å²) < 4.78 is 20.6. The van der Waals surface area contributed by atoms with Gasteiger partial charge in [-0.15, -0.1) is 0 Å². The van der Waals surface area contributed by atoms with Crippen LogP contribution in [0, 0.1) is 0 Å². The summed E-state index contributed by atoms with van der Waals surface area (Å²) in [4.78, 5) is 0. The highest BCUT2D eigenvalue weighted by atomic mass is 16.7. The Labute approximate surface area is 105 Å². The van der Waals surface area contributed by atoms with Gasteiger partial charge in [-0.3, -0.25) is 0 Å². The molecule has 0 aromatic carbocycles. The van der Waals surface area contributed by atoms with E-state index in [4.69, 9.17) is 18.9 Å². The zero-order valence-electron chi connectivity index (χ0n) is 11.5. The average molecular weight is 249 g/mol. The van der Waals surface area contributed by atoms with Gasteiger partial charge in [0.15, 0.2) is 6.29 Å². The first-order chi connectivity index (χ1) is 8.26. The maximum Gasteiger partial charge on any atom is 0.171 e. The highest BCUT2D eigenvalue weighted by Gasteiger charge is 2.13. The molecule has 0 fully saturated rings. The predicted octanol–water partition coefficient (Wildman–Crippen LogP) is 1.03. The van der Waals surface area contributed by atoms with E-state index in [0.717, 1.165) is 26.0 Å². The molecule has 0 amide bonds. The molecule has 0 aromatic heterocycles. The maximum atomic E-state index is 5.37. The highest BCUT2D eigenvalue weighted by molar-refractivity contribution is 4.64. The van der Waals surface area contributed by atoms with Crippen LogP contribution in [0.2, 0.25) is 0 Å². The van der Waals surface area contributed by atoms with Gasteiger partial charge >= 0.3 is 0 Å². The number of hydrogen-bond donors (Lipinski definition) is 1. The second kappa shape index (κ2) is 12.3. The van der Waals surface area contributed by atoms with E-state index in [0.29, 0.717) is 13.2 Å². The molecule has 1 unspecified atom stereocenters. The third kappa shape index (κ3) is 9.50. The molecule has 0 saturated heterocycles. The van der Waals surface area contributed by atoms with Gasteiger partial charge in [0.05, 0.1) is 19.3 Å². The third-order valence-electron chi connectivity index (χ3n) is 2.49. The second-order valence-electron chi connectivity index (χ2n) is 3.89. The molecule has 0 aliphatic carbocycles. The van der Waals surface area contributed by atoms with E-state index in [1.54, 1.807) is 21.3 Å². The summed E-state index contributed by atoms with van der Waals surface area (Å²) in [5.74, 6) is 0. The number of ether oxygens (including phenoxy) is 4. The van der Waals surface area contributed by atoms with Crippen molar-refractivity contribution in [2.45, 2.75) is 32.1 Å². The SMILES string of the molecule is COCCOCCCCNC(C)C(OC)OC. The lowest BCUT2D eigenvalue weighted by molar-refractivity contribution is -0.119. The summed E-state index contributed by atoms with van der Waals surface area (Å²) in [7, 11) is 4.97. The predicted molar refractivity (Wildman–Crippen MR) is 67.2 cm³/mol. The van der Waals surface area contributed by atoms with E-state index < -0.39 is 0 Å². The molecule has 1 atom stereocenters. The van der Waals surface area contributed by atoms with Crippen molar-refractivity contribution in [3.8, 4) is 0 Å². The normalized spacial score (nSPS) is 13.2. The van der Waals surface area contributed by atoms with Crippen LogP contribution in [0.4, 0.5) is 0 Å². The van der Waals surface area contributed by atoms with Gasteiger partial charge in [0.2, 0.25) is 0 Å². The molecule has 0 bridgehead atoms. The van der Waals surface area contributed by atoms with Crippen LogP contribution in [0.5, 0.6) is 0 Å². The van der Waals surface area contributed by atoms with E-state index in [1.807, 2.05) is 6.92 Å². The van der Waals surface area contributed by atoms with Gasteiger partial charge in [-0.1, -0.05) is 0 Å². The summed E-state index contributed by atoms with van der Waals surface area (Å²) in [6.45, 7) is 5.12. The van der Waals surface area contributed by atoms with E-state index in [2.05, 4.69) is 5.32 Å². The van der Waals surface area contributed by atoms with Crippen molar-refractivity contribution in [1.29, 1.82) is 0 Å². The van der Waals surface area contributed by atoms with Crippen molar-refractivity contribution in [2.24, 2.45) is 0 Å². The van der Waals surface area contributed by atoms with Gasteiger partial charge in [0, 0.05) is 27.9 Å². The molecular weight excluding hydrogens is 222 g/mol. The second-order valence-corrected chi connectivity index (χ2v) is 3.89. The van der Waals surface area contributed by atoms with E-state index in [9.17, 15) is 0 Å². The Balaban J connectivity index is 3.27. The van der Waals surface area contributed by atoms with Crippen LogP contribution in [-0.4, -0.2) is 60.0 Å². The fraction of sp³-hybridized carbons (Fsp3) is 1.00. The number of methoxy groups -OCH3 is 3. The zero-order chi connectivity index (χ0) is 12.9. The van der Waals surface area contributed by atoms with Crippen LogP contribution in [0.3, 0.4) is 0 Å². The smallest absolute Gasteiger partial charge is 0.171 e. The zero-order valence-corrected chi connectivity index (χ0v) is 11.5. The summed E-state index contributed by atoms with van der Waals surface area (Å²) in [5, 5.41) is 3.36. The first kappa shape index (κ1) is 16.8. The Hall–Kier alpha value is -0.200. The summed E-state index contributed by atoms with van der Waals surface area (Å²) in [5.41, 5.74) is 0. The lowest BCUT2D eigenvalue weighted by Crippen LogP contribution is -2.40. The minimum Gasteiger partial charge on any atom is -0.382 e. The number of hydrogen-bond acceptors (Lipinski definition) is 5. The Kier molecular flexibility index (Phi) is 12.1. The van der Waals surface area contributed by atoms with Crippen molar-refractivity contribution in [3.05, 3.63) is 0 Å². The van der Waals surface area contributed by atoms with Crippen molar-refractivity contribution >= 4 is 0 Å². The first-order valence-electron chi connectivity index (χ1n) is 6.12. The molecule has 0 rings (SSSR count). The van der Waals surface area contributed by atoms with Crippen LogP contribution in [0.25, 0.3) is 0 Å². The molecule has 0 aromatic rings. The fourth-order valence-corrected chi connectivity index (χ4v) is 1.50. The topological polar surface area (TPSA) is 49.0 Å². The Morgan fingerprint density at radius 3 is 2.24 bits per heavy atom. The molecule has 0 aliphatic rings. The molecular formula is C12H27NO4. The number of unbranched alkanes of at least 4 members (excludes halogenated alkanes) is 1. The van der Waals surface area contributed by atoms with Crippen LogP contribution in [0.1, 0.15) is 19.8 Å². The van der Waals surface area contributed by atoms with Crippen LogP contribution in [-0.2, 0) is 18.9 Å². The number of nitrogens with one attached hydrogen (secondary N) is 1. The fourth-order valence-electron chi connectivity index (χ4n) is 1.50. The highest BCUT2D eigenvalue weighted by Crippen LogP contribution is 1.99. The molecule has 104 valence electrons. The average Bonchev–Trinajstić information content (AvgIpc) is 2.34. The van der Waals surface area contributed by atoms with Gasteiger partial charge < -0.3 is 24.3 Å². The molecule has 5 heteroatoms. The molecule has 0 saturated carbocycles. The van der Waals surface area contributed by atoms with Gasteiger partial charge in [0.1, 0.15) is 0 Å². The molecule has 0 heterocycles. The molecule has 17 heavy (non-hydrogen) atoms. The summed E-state index contributed by atoms with van der Waals surface area (Å²) >= 11 is 0. The molecule has 1 N–H and O–H groups in total. The van der Waals surface area contributed by atoms with Gasteiger partial charge in [-0.2, -0.15) is 0 Å². The minimum absolute atomic E-state index is 0.187. The Bertz CT molecular complexity index is 153. The van der Waals surface area contributed by atoms with Crippen LogP contribution >= 0.6 is 0 Å². The Morgan fingerprint density at radius 1 is 0.941 bits per heavy atom. The molecule has 0 spiro atoms. The van der Waals surface area contributed by atoms with E-state index in [-0.39, 0.29) is 12.3 Å². The van der Waals surface area contributed by atoms with E-state index >= 15 is 0 Å². The lowest BCUT2D eigenvalue weighted by Gasteiger charge is -2.22. The maximum absolute atomic E-state index is 5.37. The standard InChI is InChI=1S/C12H27NO4/c1-11(12(15-3)16-4)13-7-5-6-8-17-10-9-14-2/h11-13H,5-10H2,1-4H3.